The molecule has 1 unspecified atom stereocenters. The van der Waals surface area contributed by atoms with E-state index in [1.54, 1.807) is 36.4 Å². The summed E-state index contributed by atoms with van der Waals surface area (Å²) in [6, 6.07) is 10.1. The van der Waals surface area contributed by atoms with Crippen LogP contribution in [0.1, 0.15) is 54.3 Å². The zero-order chi connectivity index (χ0) is 23.6. The highest BCUT2D eigenvalue weighted by Crippen LogP contribution is 2.39. The average molecular weight is 457 g/mol. The van der Waals surface area contributed by atoms with Gasteiger partial charge in [0.15, 0.2) is 11.5 Å². The Balaban J connectivity index is 1.81. The smallest absolute Gasteiger partial charge is 0.255 e. The van der Waals surface area contributed by atoms with Crippen LogP contribution < -0.4 is 24.8 Å². The number of hydrogen-bond acceptors (Lipinski definition) is 6. The number of carbonyl (C=O) groups excluding carboxylic acids is 2. The molecule has 0 bridgehead atoms. The van der Waals surface area contributed by atoms with Gasteiger partial charge < -0.3 is 29.6 Å². The van der Waals surface area contributed by atoms with Crippen molar-refractivity contribution >= 4 is 17.5 Å². The number of ether oxygens (including phenoxy) is 4. The number of carbonyl (C=O) groups is 2. The number of hydrogen-bond donors (Lipinski definition) is 2. The minimum atomic E-state index is -0.390. The van der Waals surface area contributed by atoms with E-state index in [1.165, 1.54) is 0 Å². The highest BCUT2D eigenvalue weighted by Gasteiger charge is 2.21. The van der Waals surface area contributed by atoms with Gasteiger partial charge in [0.1, 0.15) is 0 Å². The summed E-state index contributed by atoms with van der Waals surface area (Å²) in [5, 5.41) is 5.74. The highest BCUT2D eigenvalue weighted by atomic mass is 16.5. The summed E-state index contributed by atoms with van der Waals surface area (Å²) < 4.78 is 22.7. The second-order valence-corrected chi connectivity index (χ2v) is 7.45. The quantitative estimate of drug-likeness (QED) is 0.530. The lowest BCUT2D eigenvalue weighted by Gasteiger charge is -2.17. The first-order valence-electron chi connectivity index (χ1n) is 11.4. The molecule has 3 rings (SSSR count). The van der Waals surface area contributed by atoms with Crippen molar-refractivity contribution in [1.82, 2.24) is 5.32 Å². The van der Waals surface area contributed by atoms with Crippen LogP contribution in [0.15, 0.2) is 36.4 Å². The van der Waals surface area contributed by atoms with Gasteiger partial charge in [-0.25, -0.2) is 0 Å². The normalized spacial score (nSPS) is 15.1. The first-order chi connectivity index (χ1) is 16.1. The number of anilines is 1. The van der Waals surface area contributed by atoms with Crippen LogP contribution in [0.2, 0.25) is 0 Å². The first kappa shape index (κ1) is 24.4. The lowest BCUT2D eigenvalue weighted by Crippen LogP contribution is -2.32. The van der Waals surface area contributed by atoms with Crippen molar-refractivity contribution in [2.75, 3.05) is 38.3 Å². The van der Waals surface area contributed by atoms with Gasteiger partial charge in [0.25, 0.3) is 11.8 Å². The van der Waals surface area contributed by atoms with E-state index >= 15 is 0 Å². The maximum atomic E-state index is 13.1. The van der Waals surface area contributed by atoms with Crippen molar-refractivity contribution in [2.24, 2.45) is 0 Å². The Labute approximate surface area is 194 Å². The topological polar surface area (TPSA) is 95.1 Å². The summed E-state index contributed by atoms with van der Waals surface area (Å²) in [6.07, 6.45) is 1.97. The van der Waals surface area contributed by atoms with E-state index in [0.29, 0.717) is 60.4 Å². The monoisotopic (exact) mass is 456 g/mol. The molecule has 0 radical (unpaired) electrons. The van der Waals surface area contributed by atoms with Gasteiger partial charge in [0.05, 0.1) is 37.2 Å². The number of amides is 2. The third-order valence-electron chi connectivity index (χ3n) is 5.11. The maximum absolute atomic E-state index is 13.1. The van der Waals surface area contributed by atoms with Crippen LogP contribution in [0.25, 0.3) is 0 Å². The van der Waals surface area contributed by atoms with Crippen molar-refractivity contribution in [3.05, 3.63) is 47.5 Å². The summed E-state index contributed by atoms with van der Waals surface area (Å²) >= 11 is 0. The Morgan fingerprint density at radius 3 is 2.24 bits per heavy atom. The van der Waals surface area contributed by atoms with Gasteiger partial charge in [-0.2, -0.15) is 0 Å². The largest absolute Gasteiger partial charge is 0.490 e. The van der Waals surface area contributed by atoms with Gasteiger partial charge in [-0.3, -0.25) is 9.59 Å². The molecule has 0 spiro atoms. The lowest BCUT2D eigenvalue weighted by atomic mass is 10.1. The summed E-state index contributed by atoms with van der Waals surface area (Å²) in [5.74, 6) is 0.667. The molecular weight excluding hydrogens is 424 g/mol. The van der Waals surface area contributed by atoms with E-state index in [9.17, 15) is 9.59 Å². The molecule has 1 aliphatic rings. The zero-order valence-corrected chi connectivity index (χ0v) is 19.4. The van der Waals surface area contributed by atoms with Crippen molar-refractivity contribution < 1.29 is 28.5 Å². The van der Waals surface area contributed by atoms with Crippen LogP contribution in [-0.4, -0.2) is 50.9 Å². The second-order valence-electron chi connectivity index (χ2n) is 7.45. The Bertz CT molecular complexity index is 929. The van der Waals surface area contributed by atoms with E-state index in [2.05, 4.69) is 10.6 Å². The molecule has 1 atom stereocenters. The minimum Gasteiger partial charge on any atom is -0.490 e. The highest BCUT2D eigenvalue weighted by molar-refractivity contribution is 6.09. The molecule has 178 valence electrons. The van der Waals surface area contributed by atoms with Gasteiger partial charge in [-0.1, -0.05) is 12.1 Å². The zero-order valence-electron chi connectivity index (χ0n) is 19.4. The summed E-state index contributed by atoms with van der Waals surface area (Å²) in [4.78, 5) is 25.9. The standard InChI is InChI=1S/C25H32N2O6/c1-4-30-21-14-17(15-22(31-5-2)23(21)32-6-3)24(28)27-20-12-8-7-11-19(20)25(29)26-16-18-10-9-13-33-18/h7-8,11-12,14-15,18H,4-6,9-10,13,16H2,1-3H3,(H,26,29)(H,27,28). The molecule has 1 fully saturated rings. The number of nitrogens with one attached hydrogen (secondary N) is 2. The van der Waals surface area contributed by atoms with Crippen LogP contribution in [0.4, 0.5) is 5.69 Å². The summed E-state index contributed by atoms with van der Waals surface area (Å²) in [5.41, 5.74) is 1.13. The van der Waals surface area contributed by atoms with Crippen LogP contribution >= 0.6 is 0 Å². The lowest BCUT2D eigenvalue weighted by molar-refractivity contribution is 0.0858. The van der Waals surface area contributed by atoms with E-state index in [4.69, 9.17) is 18.9 Å². The third kappa shape index (κ3) is 6.38. The first-order valence-corrected chi connectivity index (χ1v) is 11.4. The van der Waals surface area contributed by atoms with Gasteiger partial charge in [0, 0.05) is 18.7 Å². The predicted molar refractivity (Wildman–Crippen MR) is 126 cm³/mol. The molecule has 2 N–H and O–H groups in total. The SMILES string of the molecule is CCOc1cc(C(=O)Nc2ccccc2C(=O)NCC2CCCO2)cc(OCC)c1OCC. The van der Waals surface area contributed by atoms with Crippen LogP contribution in [0.3, 0.4) is 0 Å². The predicted octanol–water partition coefficient (Wildman–Crippen LogP) is 4.04. The molecule has 0 saturated carbocycles. The Morgan fingerprint density at radius 1 is 0.970 bits per heavy atom. The molecule has 8 nitrogen and oxygen atoms in total. The fourth-order valence-corrected chi connectivity index (χ4v) is 3.61. The van der Waals surface area contributed by atoms with Crippen molar-refractivity contribution in [3.8, 4) is 17.2 Å². The third-order valence-corrected chi connectivity index (χ3v) is 5.11. The van der Waals surface area contributed by atoms with E-state index in [1.807, 2.05) is 20.8 Å². The minimum absolute atomic E-state index is 0.0357. The molecule has 8 heteroatoms. The summed E-state index contributed by atoms with van der Waals surface area (Å²) in [7, 11) is 0. The van der Waals surface area contributed by atoms with Crippen molar-refractivity contribution in [3.63, 3.8) is 0 Å². The fourth-order valence-electron chi connectivity index (χ4n) is 3.61. The molecule has 2 aromatic carbocycles. The van der Waals surface area contributed by atoms with E-state index < -0.39 is 0 Å². The molecular formula is C25H32N2O6. The molecule has 1 saturated heterocycles. The number of para-hydroxylation sites is 1. The van der Waals surface area contributed by atoms with Gasteiger partial charge in [0.2, 0.25) is 5.75 Å². The van der Waals surface area contributed by atoms with Gasteiger partial charge in [-0.05, 0) is 57.9 Å². The molecule has 2 amide bonds. The maximum Gasteiger partial charge on any atom is 0.255 e. The van der Waals surface area contributed by atoms with Gasteiger partial charge >= 0.3 is 0 Å². The van der Waals surface area contributed by atoms with Crippen molar-refractivity contribution in [1.29, 1.82) is 0 Å². The number of rotatable bonds is 11. The molecule has 1 heterocycles. The Morgan fingerprint density at radius 2 is 1.64 bits per heavy atom. The molecule has 0 aliphatic carbocycles. The average Bonchev–Trinajstić information content (AvgIpc) is 3.34. The van der Waals surface area contributed by atoms with E-state index in [-0.39, 0.29) is 17.9 Å². The Kier molecular flexibility index (Phi) is 8.95. The Hall–Kier alpha value is -3.26. The van der Waals surface area contributed by atoms with Crippen molar-refractivity contribution in [2.45, 2.75) is 39.7 Å². The van der Waals surface area contributed by atoms with E-state index in [0.717, 1.165) is 19.4 Å². The molecule has 33 heavy (non-hydrogen) atoms. The fraction of sp³-hybridized carbons (Fsp3) is 0.440. The summed E-state index contributed by atoms with van der Waals surface area (Å²) in [6.45, 7) is 7.99. The molecule has 2 aromatic rings. The van der Waals surface area contributed by atoms with Crippen LogP contribution in [0.5, 0.6) is 17.2 Å². The molecule has 0 aromatic heterocycles. The number of benzene rings is 2. The van der Waals surface area contributed by atoms with Crippen LogP contribution in [0, 0.1) is 0 Å². The molecule has 1 aliphatic heterocycles. The van der Waals surface area contributed by atoms with Gasteiger partial charge in [-0.15, -0.1) is 0 Å². The van der Waals surface area contributed by atoms with Crippen LogP contribution in [-0.2, 0) is 4.74 Å². The second kappa shape index (κ2) is 12.1.